The second-order valence-electron chi connectivity index (χ2n) is 3.61. The maximum absolute atomic E-state index is 5.59. The van der Waals surface area contributed by atoms with Crippen LogP contribution in [0.4, 0.5) is 0 Å². The number of aryl methyl sites for hydroxylation is 1. The minimum absolute atomic E-state index is 0.356. The van der Waals surface area contributed by atoms with Gasteiger partial charge in [0, 0.05) is 25.7 Å². The molecule has 0 heterocycles. The monoisotopic (exact) mass is 252 g/mol. The summed E-state index contributed by atoms with van der Waals surface area (Å²) in [7, 11) is 1.69. The van der Waals surface area contributed by atoms with Crippen LogP contribution in [0.2, 0.25) is 0 Å². The molecule has 0 bridgehead atoms. The molecule has 17 heavy (non-hydrogen) atoms. The highest BCUT2D eigenvalue weighted by Gasteiger charge is 1.98. The minimum atomic E-state index is 0.356. The molecule has 0 unspecified atom stereocenters. The van der Waals surface area contributed by atoms with Crippen LogP contribution in [0.1, 0.15) is 17.5 Å². The number of alkyl halides is 1. The highest BCUT2D eigenvalue weighted by Crippen LogP contribution is 2.16. The van der Waals surface area contributed by atoms with E-state index in [2.05, 4.69) is 11.8 Å². The third-order valence-electron chi connectivity index (χ3n) is 2.25. The van der Waals surface area contributed by atoms with Crippen LogP contribution in [0.3, 0.4) is 0 Å². The van der Waals surface area contributed by atoms with E-state index in [-0.39, 0.29) is 0 Å². The van der Waals surface area contributed by atoms with Crippen molar-refractivity contribution >= 4 is 11.6 Å². The summed E-state index contributed by atoms with van der Waals surface area (Å²) in [5.41, 5.74) is 2.10. The minimum Gasteiger partial charge on any atom is -0.493 e. The molecule has 0 amide bonds. The highest BCUT2D eigenvalue weighted by molar-refractivity contribution is 6.19. The number of rotatable bonds is 5. The Balaban J connectivity index is 2.56. The predicted molar refractivity (Wildman–Crippen MR) is 70.8 cm³/mol. The first kappa shape index (κ1) is 13.9. The van der Waals surface area contributed by atoms with Gasteiger partial charge in [-0.1, -0.05) is 11.8 Å². The van der Waals surface area contributed by atoms with Gasteiger partial charge in [-0.25, -0.2) is 0 Å². The third-order valence-corrected chi connectivity index (χ3v) is 2.38. The standard InChI is InChI=1S/C14H17ClO2/c1-12-11-14(17-10-4-9-16-2)7-6-13(12)5-3-8-15/h6-7,11H,4,8-10H2,1-2H3. The molecule has 3 heteroatoms. The Morgan fingerprint density at radius 2 is 2.12 bits per heavy atom. The van der Waals surface area contributed by atoms with Crippen molar-refractivity contribution in [2.75, 3.05) is 26.2 Å². The van der Waals surface area contributed by atoms with Gasteiger partial charge in [-0.15, -0.1) is 11.6 Å². The average Bonchev–Trinajstić information content (AvgIpc) is 2.34. The lowest BCUT2D eigenvalue weighted by atomic mass is 10.1. The van der Waals surface area contributed by atoms with Gasteiger partial charge >= 0.3 is 0 Å². The fourth-order valence-corrected chi connectivity index (χ4v) is 1.45. The van der Waals surface area contributed by atoms with Gasteiger partial charge < -0.3 is 9.47 Å². The first-order chi connectivity index (χ1) is 8.27. The van der Waals surface area contributed by atoms with E-state index in [0.717, 1.165) is 29.9 Å². The number of halogens is 1. The zero-order valence-corrected chi connectivity index (χ0v) is 11.0. The Kier molecular flexibility index (Phi) is 6.54. The molecule has 1 rings (SSSR count). The molecular formula is C14H17ClO2. The molecule has 0 saturated carbocycles. The third kappa shape index (κ3) is 5.12. The lowest BCUT2D eigenvalue weighted by Crippen LogP contribution is -2.01. The second-order valence-corrected chi connectivity index (χ2v) is 3.87. The van der Waals surface area contributed by atoms with E-state index in [1.807, 2.05) is 25.1 Å². The van der Waals surface area contributed by atoms with E-state index >= 15 is 0 Å². The Morgan fingerprint density at radius 3 is 2.76 bits per heavy atom. The van der Waals surface area contributed by atoms with Gasteiger partial charge in [0.25, 0.3) is 0 Å². The number of hydrogen-bond acceptors (Lipinski definition) is 2. The van der Waals surface area contributed by atoms with Crippen molar-refractivity contribution in [1.82, 2.24) is 0 Å². The van der Waals surface area contributed by atoms with E-state index in [1.54, 1.807) is 7.11 Å². The Bertz CT molecular complexity index is 404. The van der Waals surface area contributed by atoms with E-state index in [4.69, 9.17) is 21.1 Å². The van der Waals surface area contributed by atoms with Crippen molar-refractivity contribution in [2.45, 2.75) is 13.3 Å². The largest absolute Gasteiger partial charge is 0.493 e. The van der Waals surface area contributed by atoms with Crippen molar-refractivity contribution in [3.05, 3.63) is 29.3 Å². The molecule has 0 aliphatic carbocycles. The van der Waals surface area contributed by atoms with Crippen LogP contribution in [-0.2, 0) is 4.74 Å². The van der Waals surface area contributed by atoms with Crippen LogP contribution in [0.25, 0.3) is 0 Å². The fraction of sp³-hybridized carbons (Fsp3) is 0.429. The molecule has 0 saturated heterocycles. The number of methoxy groups -OCH3 is 1. The molecule has 0 radical (unpaired) electrons. The summed E-state index contributed by atoms with van der Waals surface area (Å²) in [6.07, 6.45) is 0.892. The van der Waals surface area contributed by atoms with E-state index in [9.17, 15) is 0 Å². The van der Waals surface area contributed by atoms with Gasteiger partial charge in [0.05, 0.1) is 12.5 Å². The molecule has 0 aliphatic heterocycles. The zero-order chi connectivity index (χ0) is 12.5. The van der Waals surface area contributed by atoms with Crippen molar-refractivity contribution in [2.24, 2.45) is 0 Å². The van der Waals surface area contributed by atoms with Crippen LogP contribution in [0.15, 0.2) is 18.2 Å². The summed E-state index contributed by atoms with van der Waals surface area (Å²) >= 11 is 5.52. The lowest BCUT2D eigenvalue weighted by molar-refractivity contribution is 0.172. The van der Waals surface area contributed by atoms with E-state index in [0.29, 0.717) is 12.5 Å². The van der Waals surface area contributed by atoms with Gasteiger partial charge in [0.1, 0.15) is 5.75 Å². The summed E-state index contributed by atoms with van der Waals surface area (Å²) in [6, 6.07) is 5.88. The van der Waals surface area contributed by atoms with Crippen molar-refractivity contribution in [3.63, 3.8) is 0 Å². The molecule has 2 nitrogen and oxygen atoms in total. The van der Waals surface area contributed by atoms with Crippen LogP contribution in [0, 0.1) is 18.8 Å². The molecular weight excluding hydrogens is 236 g/mol. The zero-order valence-electron chi connectivity index (χ0n) is 10.3. The molecule has 92 valence electrons. The van der Waals surface area contributed by atoms with E-state index < -0.39 is 0 Å². The van der Waals surface area contributed by atoms with Gasteiger partial charge in [0.2, 0.25) is 0 Å². The highest BCUT2D eigenvalue weighted by atomic mass is 35.5. The summed E-state index contributed by atoms with van der Waals surface area (Å²) in [5, 5.41) is 0. The molecule has 0 fully saturated rings. The maximum Gasteiger partial charge on any atom is 0.119 e. The smallest absolute Gasteiger partial charge is 0.119 e. The number of benzene rings is 1. The predicted octanol–water partition coefficient (Wildman–Crippen LogP) is 3.00. The summed E-state index contributed by atoms with van der Waals surface area (Å²) in [4.78, 5) is 0. The Labute approximate surface area is 108 Å². The molecule has 0 spiro atoms. The number of hydrogen-bond donors (Lipinski definition) is 0. The maximum atomic E-state index is 5.59. The molecule has 1 aromatic carbocycles. The summed E-state index contributed by atoms with van der Waals surface area (Å²) in [5.74, 6) is 7.08. The molecule has 0 aliphatic rings. The quantitative estimate of drug-likeness (QED) is 0.456. The van der Waals surface area contributed by atoms with Crippen LogP contribution in [0.5, 0.6) is 5.75 Å². The molecule has 0 atom stereocenters. The van der Waals surface area contributed by atoms with Gasteiger partial charge in [-0.05, 0) is 30.7 Å². The summed E-state index contributed by atoms with van der Waals surface area (Å²) < 4.78 is 10.6. The van der Waals surface area contributed by atoms with Crippen LogP contribution >= 0.6 is 11.6 Å². The normalized spacial score (nSPS) is 9.59. The second kappa shape index (κ2) is 8.00. The summed E-state index contributed by atoms with van der Waals surface area (Å²) in [6.45, 7) is 3.40. The number of ether oxygens (including phenoxy) is 2. The van der Waals surface area contributed by atoms with Gasteiger partial charge in [-0.2, -0.15) is 0 Å². The van der Waals surface area contributed by atoms with Crippen molar-refractivity contribution in [1.29, 1.82) is 0 Å². The lowest BCUT2D eigenvalue weighted by Gasteiger charge is -2.07. The van der Waals surface area contributed by atoms with Crippen LogP contribution < -0.4 is 4.74 Å². The van der Waals surface area contributed by atoms with Crippen molar-refractivity contribution < 1.29 is 9.47 Å². The van der Waals surface area contributed by atoms with Crippen LogP contribution in [-0.4, -0.2) is 26.2 Å². The Hall–Kier alpha value is -1.17. The molecule has 0 aromatic heterocycles. The first-order valence-electron chi connectivity index (χ1n) is 5.55. The van der Waals surface area contributed by atoms with Gasteiger partial charge in [-0.3, -0.25) is 0 Å². The fourth-order valence-electron chi connectivity index (χ4n) is 1.39. The van der Waals surface area contributed by atoms with Gasteiger partial charge in [0.15, 0.2) is 0 Å². The molecule has 1 aromatic rings. The van der Waals surface area contributed by atoms with Crippen molar-refractivity contribution in [3.8, 4) is 17.6 Å². The topological polar surface area (TPSA) is 18.5 Å². The SMILES string of the molecule is COCCCOc1ccc(C#CCCl)c(C)c1. The average molecular weight is 253 g/mol. The Morgan fingerprint density at radius 1 is 1.29 bits per heavy atom. The molecule has 0 N–H and O–H groups in total. The first-order valence-corrected chi connectivity index (χ1v) is 6.08. The van der Waals surface area contributed by atoms with E-state index in [1.165, 1.54) is 0 Å².